The van der Waals surface area contributed by atoms with Gasteiger partial charge in [0.05, 0.1) is 16.1 Å². The van der Waals surface area contributed by atoms with Crippen molar-refractivity contribution in [2.24, 2.45) is 0 Å². The summed E-state index contributed by atoms with van der Waals surface area (Å²) in [6.07, 6.45) is 3.42. The van der Waals surface area contributed by atoms with Crippen LogP contribution in [0.15, 0.2) is 18.2 Å². The summed E-state index contributed by atoms with van der Waals surface area (Å²) in [5.41, 5.74) is 1.19. The fraction of sp³-hybridized carbons (Fsp3) is 0.421. The average Bonchev–Trinajstić information content (AvgIpc) is 3.40. The third-order valence-corrected chi connectivity index (χ3v) is 5.99. The van der Waals surface area contributed by atoms with Crippen LogP contribution in [0.3, 0.4) is 0 Å². The Morgan fingerprint density at radius 3 is 2.74 bits per heavy atom. The number of piperidine rings is 1. The summed E-state index contributed by atoms with van der Waals surface area (Å²) in [5, 5.41) is 9.98. The summed E-state index contributed by atoms with van der Waals surface area (Å²) in [4.78, 5) is 21.8. The maximum atomic E-state index is 13.9. The van der Waals surface area contributed by atoms with Gasteiger partial charge < -0.3 is 16.0 Å². The minimum Gasteiger partial charge on any atom is -0.351 e. The van der Waals surface area contributed by atoms with Crippen molar-refractivity contribution in [3.63, 3.8) is 0 Å². The van der Waals surface area contributed by atoms with E-state index < -0.39 is 11.2 Å². The number of benzene rings is 1. The van der Waals surface area contributed by atoms with Gasteiger partial charge in [-0.2, -0.15) is 4.98 Å². The standard InChI is InChI=1S/C19H19ClFN5O/c20-13-2-1-10(21)9-12(13)15-14-16(25-17(27)19(14)5-6-19)26-18(24-15)23-11-3-7-22-8-4-11/h1-2,9,11,22H,3-8H2,(H2,23,24,25,26,27). The maximum Gasteiger partial charge on any atom is 0.236 e. The third kappa shape index (κ3) is 2.76. The number of rotatable bonds is 3. The molecule has 1 aliphatic carbocycles. The Morgan fingerprint density at radius 1 is 1.22 bits per heavy atom. The number of halogens is 2. The molecule has 2 fully saturated rings. The van der Waals surface area contributed by atoms with E-state index in [-0.39, 0.29) is 11.9 Å². The molecule has 6 nitrogen and oxygen atoms in total. The van der Waals surface area contributed by atoms with Crippen molar-refractivity contribution in [3.05, 3.63) is 34.6 Å². The van der Waals surface area contributed by atoms with Crippen molar-refractivity contribution in [2.45, 2.75) is 37.1 Å². The maximum absolute atomic E-state index is 13.9. The van der Waals surface area contributed by atoms with Crippen molar-refractivity contribution in [1.29, 1.82) is 0 Å². The van der Waals surface area contributed by atoms with Crippen LogP contribution in [0.1, 0.15) is 31.2 Å². The molecule has 2 aromatic rings. The van der Waals surface area contributed by atoms with E-state index in [4.69, 9.17) is 16.6 Å². The van der Waals surface area contributed by atoms with Crippen molar-refractivity contribution >= 4 is 29.3 Å². The molecule has 3 aliphatic rings. The summed E-state index contributed by atoms with van der Waals surface area (Å²) >= 11 is 6.37. The highest BCUT2D eigenvalue weighted by Gasteiger charge is 2.58. The van der Waals surface area contributed by atoms with Crippen LogP contribution in [0, 0.1) is 5.82 Å². The second-order valence-corrected chi connectivity index (χ2v) is 7.86. The number of anilines is 2. The first-order valence-electron chi connectivity index (χ1n) is 9.23. The van der Waals surface area contributed by atoms with Crippen LogP contribution in [0.4, 0.5) is 16.2 Å². The van der Waals surface area contributed by atoms with Crippen molar-refractivity contribution < 1.29 is 9.18 Å². The number of amides is 1. The molecular weight excluding hydrogens is 369 g/mol. The van der Waals surface area contributed by atoms with E-state index in [9.17, 15) is 9.18 Å². The van der Waals surface area contributed by atoms with Gasteiger partial charge >= 0.3 is 0 Å². The van der Waals surface area contributed by atoms with Crippen LogP contribution in [0.25, 0.3) is 11.3 Å². The second-order valence-electron chi connectivity index (χ2n) is 7.45. The first-order valence-corrected chi connectivity index (χ1v) is 9.61. The smallest absolute Gasteiger partial charge is 0.236 e. The molecule has 0 unspecified atom stereocenters. The molecule has 140 valence electrons. The summed E-state index contributed by atoms with van der Waals surface area (Å²) in [7, 11) is 0. The van der Waals surface area contributed by atoms with E-state index in [2.05, 4.69) is 20.9 Å². The van der Waals surface area contributed by atoms with Crippen LogP contribution in [0.2, 0.25) is 5.02 Å². The number of hydrogen-bond donors (Lipinski definition) is 3. The fourth-order valence-corrected chi connectivity index (χ4v) is 4.24. The molecule has 0 bridgehead atoms. The molecule has 1 aromatic carbocycles. The van der Waals surface area contributed by atoms with Gasteiger partial charge in [0.2, 0.25) is 11.9 Å². The van der Waals surface area contributed by atoms with Gasteiger partial charge in [0, 0.05) is 17.2 Å². The van der Waals surface area contributed by atoms with E-state index in [0.717, 1.165) is 44.3 Å². The van der Waals surface area contributed by atoms with Crippen LogP contribution >= 0.6 is 11.6 Å². The zero-order chi connectivity index (χ0) is 18.6. The zero-order valence-corrected chi connectivity index (χ0v) is 15.4. The molecule has 5 rings (SSSR count). The molecule has 1 aromatic heterocycles. The van der Waals surface area contributed by atoms with Gasteiger partial charge in [-0.1, -0.05) is 11.6 Å². The highest BCUT2D eigenvalue weighted by Crippen LogP contribution is 2.57. The van der Waals surface area contributed by atoms with Crippen molar-refractivity contribution in [1.82, 2.24) is 15.3 Å². The lowest BCUT2D eigenvalue weighted by Crippen LogP contribution is -2.35. The number of fused-ring (bicyclic) bond motifs is 2. The molecule has 1 amide bonds. The lowest BCUT2D eigenvalue weighted by Gasteiger charge is -2.24. The predicted octanol–water partition coefficient (Wildman–Crippen LogP) is 3.08. The summed E-state index contributed by atoms with van der Waals surface area (Å²) in [6, 6.07) is 4.47. The normalized spacial score (nSPS) is 20.4. The molecule has 3 N–H and O–H groups in total. The molecule has 3 heterocycles. The first-order chi connectivity index (χ1) is 13.1. The Kier molecular flexibility index (Phi) is 3.84. The molecule has 0 atom stereocenters. The molecule has 1 spiro atoms. The summed E-state index contributed by atoms with van der Waals surface area (Å²) < 4.78 is 13.9. The second kappa shape index (κ2) is 6.14. The molecule has 27 heavy (non-hydrogen) atoms. The number of carbonyl (C=O) groups is 1. The largest absolute Gasteiger partial charge is 0.351 e. The highest BCUT2D eigenvalue weighted by molar-refractivity contribution is 6.33. The van der Waals surface area contributed by atoms with Gasteiger partial charge in [0.25, 0.3) is 0 Å². The van der Waals surface area contributed by atoms with Crippen molar-refractivity contribution in [3.8, 4) is 11.3 Å². The van der Waals surface area contributed by atoms with Crippen LogP contribution in [-0.2, 0) is 10.2 Å². The van der Waals surface area contributed by atoms with Gasteiger partial charge in [0.15, 0.2) is 0 Å². The van der Waals surface area contributed by atoms with Gasteiger partial charge in [-0.3, -0.25) is 4.79 Å². The minimum atomic E-state index is -0.590. The number of nitrogens with one attached hydrogen (secondary N) is 3. The average molecular weight is 388 g/mol. The lowest BCUT2D eigenvalue weighted by atomic mass is 9.94. The quantitative estimate of drug-likeness (QED) is 0.754. The Labute approximate surface area is 160 Å². The van der Waals surface area contributed by atoms with Crippen LogP contribution < -0.4 is 16.0 Å². The Balaban J connectivity index is 1.64. The number of nitrogens with zero attached hydrogens (tertiary/aromatic N) is 2. The SMILES string of the molecule is O=C1Nc2nc(NC3CCNCC3)nc(-c3cc(F)ccc3Cl)c2C12CC2. The minimum absolute atomic E-state index is 0.0559. The van der Waals surface area contributed by atoms with E-state index in [1.165, 1.54) is 18.2 Å². The molecular formula is C19H19ClFN5O. The van der Waals surface area contributed by atoms with Crippen LogP contribution in [-0.4, -0.2) is 35.0 Å². The summed E-state index contributed by atoms with van der Waals surface area (Å²) in [6.45, 7) is 1.87. The number of hydrogen-bond acceptors (Lipinski definition) is 5. The zero-order valence-electron chi connectivity index (χ0n) is 14.6. The predicted molar refractivity (Wildman–Crippen MR) is 101 cm³/mol. The van der Waals surface area contributed by atoms with E-state index in [1.54, 1.807) is 0 Å². The first kappa shape index (κ1) is 16.9. The van der Waals surface area contributed by atoms with E-state index in [1.807, 2.05) is 0 Å². The van der Waals surface area contributed by atoms with Crippen LogP contribution in [0.5, 0.6) is 0 Å². The summed E-state index contributed by atoms with van der Waals surface area (Å²) in [5.74, 6) is 0.504. The molecule has 2 aliphatic heterocycles. The molecule has 1 saturated carbocycles. The molecule has 1 saturated heterocycles. The molecule has 0 radical (unpaired) electrons. The Morgan fingerprint density at radius 2 is 2.00 bits per heavy atom. The number of carbonyl (C=O) groups excluding carboxylic acids is 1. The topological polar surface area (TPSA) is 78.9 Å². The Bertz CT molecular complexity index is 940. The van der Waals surface area contributed by atoms with Gasteiger partial charge in [-0.15, -0.1) is 0 Å². The fourth-order valence-electron chi connectivity index (χ4n) is 4.03. The monoisotopic (exact) mass is 387 g/mol. The Hall–Kier alpha value is -2.25. The lowest BCUT2D eigenvalue weighted by molar-refractivity contribution is -0.117. The third-order valence-electron chi connectivity index (χ3n) is 5.66. The highest BCUT2D eigenvalue weighted by atomic mass is 35.5. The van der Waals surface area contributed by atoms with Gasteiger partial charge in [0.1, 0.15) is 11.6 Å². The molecule has 8 heteroatoms. The van der Waals surface area contributed by atoms with Gasteiger partial charge in [-0.25, -0.2) is 9.37 Å². The van der Waals surface area contributed by atoms with Crippen molar-refractivity contribution in [2.75, 3.05) is 23.7 Å². The van der Waals surface area contributed by atoms with E-state index >= 15 is 0 Å². The van der Waals surface area contributed by atoms with E-state index in [0.29, 0.717) is 28.0 Å². The number of aromatic nitrogens is 2. The van der Waals surface area contributed by atoms with Gasteiger partial charge in [-0.05, 0) is 57.0 Å².